The third kappa shape index (κ3) is 3.21. The Hall–Kier alpha value is -0.0800. The van der Waals surface area contributed by atoms with E-state index < -0.39 is 0 Å². The fraction of sp³-hybridized carbons (Fsp3) is 1.00. The molecule has 1 heterocycles. The van der Waals surface area contributed by atoms with Crippen molar-refractivity contribution >= 4 is 0 Å². The maximum atomic E-state index is 3.60. The van der Waals surface area contributed by atoms with Crippen LogP contribution < -0.4 is 5.32 Å². The first-order chi connectivity index (χ1) is 7.78. The van der Waals surface area contributed by atoms with Gasteiger partial charge < -0.3 is 10.2 Å². The predicted molar refractivity (Wildman–Crippen MR) is 69.7 cm³/mol. The molecule has 2 heteroatoms. The van der Waals surface area contributed by atoms with Crippen molar-refractivity contribution in [1.29, 1.82) is 0 Å². The molecule has 1 aliphatic carbocycles. The van der Waals surface area contributed by atoms with Crippen LogP contribution in [0.1, 0.15) is 52.4 Å². The monoisotopic (exact) mass is 224 g/mol. The second kappa shape index (κ2) is 5.50. The van der Waals surface area contributed by atoms with Gasteiger partial charge in [0.1, 0.15) is 0 Å². The van der Waals surface area contributed by atoms with Crippen LogP contribution in [0.4, 0.5) is 0 Å². The van der Waals surface area contributed by atoms with Crippen LogP contribution in [0.25, 0.3) is 0 Å². The summed E-state index contributed by atoms with van der Waals surface area (Å²) in [6.07, 6.45) is 8.31. The molecule has 0 unspecified atom stereocenters. The highest BCUT2D eigenvalue weighted by Gasteiger charge is 2.34. The summed E-state index contributed by atoms with van der Waals surface area (Å²) >= 11 is 0. The third-order valence-electron chi connectivity index (χ3n) is 4.68. The summed E-state index contributed by atoms with van der Waals surface area (Å²) in [5, 5.41) is 3.60. The molecule has 1 saturated heterocycles. The molecule has 0 amide bonds. The van der Waals surface area contributed by atoms with Gasteiger partial charge >= 0.3 is 0 Å². The van der Waals surface area contributed by atoms with E-state index in [1.165, 1.54) is 64.7 Å². The van der Waals surface area contributed by atoms with Gasteiger partial charge in [0.05, 0.1) is 0 Å². The maximum Gasteiger partial charge on any atom is 0.00682 e. The van der Waals surface area contributed by atoms with E-state index in [-0.39, 0.29) is 0 Å². The van der Waals surface area contributed by atoms with Crippen molar-refractivity contribution in [3.63, 3.8) is 0 Å². The Morgan fingerprint density at radius 3 is 2.56 bits per heavy atom. The fourth-order valence-corrected chi connectivity index (χ4v) is 2.94. The summed E-state index contributed by atoms with van der Waals surface area (Å²) in [7, 11) is 0. The van der Waals surface area contributed by atoms with Crippen LogP contribution in [0.2, 0.25) is 0 Å². The van der Waals surface area contributed by atoms with Crippen LogP contribution in [-0.4, -0.2) is 37.1 Å². The summed E-state index contributed by atoms with van der Waals surface area (Å²) in [5.41, 5.74) is 0.657. The third-order valence-corrected chi connectivity index (χ3v) is 4.68. The number of hydrogen-bond donors (Lipinski definition) is 1. The molecule has 0 bridgehead atoms. The predicted octanol–water partition coefficient (Wildman–Crippen LogP) is 2.64. The highest BCUT2D eigenvalue weighted by Crippen LogP contribution is 2.36. The van der Waals surface area contributed by atoms with Crippen molar-refractivity contribution in [3.05, 3.63) is 0 Å². The first kappa shape index (κ1) is 12.4. The minimum atomic E-state index is 0.657. The molecule has 0 aromatic rings. The first-order valence-corrected chi connectivity index (χ1v) is 7.24. The van der Waals surface area contributed by atoms with Crippen molar-refractivity contribution in [2.24, 2.45) is 5.41 Å². The topological polar surface area (TPSA) is 15.3 Å². The Morgan fingerprint density at radius 2 is 2.00 bits per heavy atom. The molecule has 0 aromatic heterocycles. The largest absolute Gasteiger partial charge is 0.314 e. The van der Waals surface area contributed by atoms with Crippen LogP contribution in [0.3, 0.4) is 0 Å². The minimum Gasteiger partial charge on any atom is -0.314 e. The molecular weight excluding hydrogens is 196 g/mol. The second-order valence-electron chi connectivity index (χ2n) is 5.82. The van der Waals surface area contributed by atoms with E-state index in [0.29, 0.717) is 5.41 Å². The van der Waals surface area contributed by atoms with Gasteiger partial charge in [-0.1, -0.05) is 13.8 Å². The average Bonchev–Trinajstić information content (AvgIpc) is 3.05. The maximum absolute atomic E-state index is 3.60. The SMILES string of the molecule is CCC1(CC)CCN(CCCNC2CC2)C1. The van der Waals surface area contributed by atoms with Gasteiger partial charge in [-0.3, -0.25) is 0 Å². The summed E-state index contributed by atoms with van der Waals surface area (Å²) in [5.74, 6) is 0. The zero-order valence-electron chi connectivity index (χ0n) is 11.1. The Kier molecular flexibility index (Phi) is 4.26. The van der Waals surface area contributed by atoms with Gasteiger partial charge in [0.25, 0.3) is 0 Å². The smallest absolute Gasteiger partial charge is 0.00682 e. The number of likely N-dealkylation sites (tertiary alicyclic amines) is 1. The van der Waals surface area contributed by atoms with Crippen LogP contribution in [0.5, 0.6) is 0 Å². The molecule has 16 heavy (non-hydrogen) atoms. The quantitative estimate of drug-likeness (QED) is 0.669. The molecule has 2 aliphatic rings. The van der Waals surface area contributed by atoms with Crippen molar-refractivity contribution < 1.29 is 0 Å². The van der Waals surface area contributed by atoms with E-state index in [2.05, 4.69) is 24.1 Å². The molecule has 2 rings (SSSR count). The summed E-state index contributed by atoms with van der Waals surface area (Å²) in [6, 6.07) is 0.879. The zero-order chi connectivity index (χ0) is 11.4. The van der Waals surface area contributed by atoms with Crippen molar-refractivity contribution in [2.75, 3.05) is 26.2 Å². The normalized spacial score (nSPS) is 25.1. The average molecular weight is 224 g/mol. The molecule has 1 aliphatic heterocycles. The summed E-state index contributed by atoms with van der Waals surface area (Å²) in [6.45, 7) is 9.95. The molecule has 0 atom stereocenters. The Labute approximate surface area is 101 Å². The summed E-state index contributed by atoms with van der Waals surface area (Å²) < 4.78 is 0. The lowest BCUT2D eigenvalue weighted by Gasteiger charge is -2.26. The lowest BCUT2D eigenvalue weighted by atomic mass is 9.82. The Bertz CT molecular complexity index is 207. The lowest BCUT2D eigenvalue weighted by Crippen LogP contribution is -2.29. The zero-order valence-corrected chi connectivity index (χ0v) is 11.1. The molecule has 0 radical (unpaired) electrons. The van der Waals surface area contributed by atoms with E-state index >= 15 is 0 Å². The minimum absolute atomic E-state index is 0.657. The molecule has 1 saturated carbocycles. The second-order valence-corrected chi connectivity index (χ2v) is 5.82. The lowest BCUT2D eigenvalue weighted by molar-refractivity contribution is 0.238. The van der Waals surface area contributed by atoms with Gasteiger partial charge in [0.15, 0.2) is 0 Å². The molecular formula is C14H28N2. The molecule has 0 aromatic carbocycles. The van der Waals surface area contributed by atoms with E-state index in [1.54, 1.807) is 0 Å². The standard InChI is InChI=1S/C14H28N2/c1-3-14(4-2)8-11-16(12-14)10-5-9-15-13-6-7-13/h13,15H,3-12H2,1-2H3. The highest BCUT2D eigenvalue weighted by molar-refractivity contribution is 4.88. The van der Waals surface area contributed by atoms with Crippen molar-refractivity contribution in [1.82, 2.24) is 10.2 Å². The van der Waals surface area contributed by atoms with Gasteiger partial charge in [-0.05, 0) is 63.6 Å². The van der Waals surface area contributed by atoms with E-state index in [1.807, 2.05) is 0 Å². The number of nitrogens with one attached hydrogen (secondary N) is 1. The van der Waals surface area contributed by atoms with Crippen molar-refractivity contribution in [3.8, 4) is 0 Å². The molecule has 2 nitrogen and oxygen atoms in total. The van der Waals surface area contributed by atoms with Gasteiger partial charge in [-0.25, -0.2) is 0 Å². The molecule has 2 fully saturated rings. The van der Waals surface area contributed by atoms with Crippen LogP contribution >= 0.6 is 0 Å². The fourth-order valence-electron chi connectivity index (χ4n) is 2.94. The van der Waals surface area contributed by atoms with Gasteiger partial charge in [0, 0.05) is 12.6 Å². The number of hydrogen-bond acceptors (Lipinski definition) is 2. The van der Waals surface area contributed by atoms with Gasteiger partial charge in [0.2, 0.25) is 0 Å². The van der Waals surface area contributed by atoms with Crippen LogP contribution in [0.15, 0.2) is 0 Å². The molecule has 94 valence electrons. The van der Waals surface area contributed by atoms with E-state index in [0.717, 1.165) is 6.04 Å². The van der Waals surface area contributed by atoms with E-state index in [9.17, 15) is 0 Å². The van der Waals surface area contributed by atoms with Crippen LogP contribution in [-0.2, 0) is 0 Å². The van der Waals surface area contributed by atoms with Crippen LogP contribution in [0, 0.1) is 5.41 Å². The van der Waals surface area contributed by atoms with Gasteiger partial charge in [-0.15, -0.1) is 0 Å². The van der Waals surface area contributed by atoms with E-state index in [4.69, 9.17) is 0 Å². The van der Waals surface area contributed by atoms with Crippen molar-refractivity contribution in [2.45, 2.75) is 58.4 Å². The Morgan fingerprint density at radius 1 is 1.25 bits per heavy atom. The van der Waals surface area contributed by atoms with Gasteiger partial charge in [-0.2, -0.15) is 0 Å². The Balaban J connectivity index is 1.59. The summed E-state index contributed by atoms with van der Waals surface area (Å²) in [4.78, 5) is 2.68. The first-order valence-electron chi connectivity index (χ1n) is 7.24. The highest BCUT2D eigenvalue weighted by atomic mass is 15.2. The molecule has 1 N–H and O–H groups in total. The number of nitrogens with zero attached hydrogens (tertiary/aromatic N) is 1. The number of rotatable bonds is 7. The molecule has 0 spiro atoms.